The molecule has 0 saturated heterocycles. The average molecular weight is 432 g/mol. The highest BCUT2D eigenvalue weighted by molar-refractivity contribution is 6.07. The SMILES string of the molecule is COc1ccc(C(=O)N/N=C2\CCCc3oc(C(=O)NNc4ccccc4)c(C)c32)cc1. The van der Waals surface area contributed by atoms with Crippen molar-refractivity contribution >= 4 is 23.2 Å². The number of anilines is 1. The lowest BCUT2D eigenvalue weighted by Gasteiger charge is -2.13. The van der Waals surface area contributed by atoms with E-state index >= 15 is 0 Å². The van der Waals surface area contributed by atoms with E-state index in [1.165, 1.54) is 0 Å². The number of amides is 2. The van der Waals surface area contributed by atoms with Gasteiger partial charge in [-0.25, -0.2) is 5.43 Å². The Kier molecular flexibility index (Phi) is 6.21. The Balaban J connectivity index is 1.49. The maximum absolute atomic E-state index is 12.7. The maximum Gasteiger partial charge on any atom is 0.305 e. The van der Waals surface area contributed by atoms with Crippen molar-refractivity contribution < 1.29 is 18.7 Å². The van der Waals surface area contributed by atoms with Crippen LogP contribution < -0.4 is 21.0 Å². The van der Waals surface area contributed by atoms with E-state index < -0.39 is 0 Å². The quantitative estimate of drug-likeness (QED) is 0.514. The third kappa shape index (κ3) is 4.49. The summed E-state index contributed by atoms with van der Waals surface area (Å²) in [5.41, 5.74) is 11.6. The number of nitrogens with one attached hydrogen (secondary N) is 3. The molecule has 0 bridgehead atoms. The molecular weight excluding hydrogens is 408 g/mol. The molecule has 1 heterocycles. The fourth-order valence-corrected chi connectivity index (χ4v) is 3.63. The van der Waals surface area contributed by atoms with Gasteiger partial charge in [0, 0.05) is 23.1 Å². The van der Waals surface area contributed by atoms with E-state index in [9.17, 15) is 9.59 Å². The Hall–Kier alpha value is -4.07. The molecule has 0 fully saturated rings. The minimum atomic E-state index is -0.373. The van der Waals surface area contributed by atoms with Crippen molar-refractivity contribution in [3.05, 3.63) is 82.8 Å². The normalized spacial score (nSPS) is 13.9. The number of rotatable bonds is 6. The van der Waals surface area contributed by atoms with Crippen molar-refractivity contribution in [1.82, 2.24) is 10.9 Å². The molecule has 1 aliphatic rings. The molecule has 3 aromatic rings. The lowest BCUT2D eigenvalue weighted by molar-refractivity contribution is 0.0930. The predicted octanol–water partition coefficient (Wildman–Crippen LogP) is 3.82. The molecule has 2 aromatic carbocycles. The van der Waals surface area contributed by atoms with Gasteiger partial charge in [-0.2, -0.15) is 5.10 Å². The molecule has 0 radical (unpaired) electrons. The molecule has 164 valence electrons. The Morgan fingerprint density at radius 3 is 2.47 bits per heavy atom. The van der Waals surface area contributed by atoms with Crippen LogP contribution in [0.15, 0.2) is 64.1 Å². The third-order valence-corrected chi connectivity index (χ3v) is 5.27. The van der Waals surface area contributed by atoms with Crippen LogP contribution in [0.25, 0.3) is 0 Å². The van der Waals surface area contributed by atoms with Gasteiger partial charge in [0.1, 0.15) is 11.5 Å². The Morgan fingerprint density at radius 2 is 1.75 bits per heavy atom. The van der Waals surface area contributed by atoms with Crippen LogP contribution in [0.4, 0.5) is 5.69 Å². The third-order valence-electron chi connectivity index (χ3n) is 5.27. The molecule has 3 N–H and O–H groups in total. The van der Waals surface area contributed by atoms with E-state index in [1.54, 1.807) is 31.4 Å². The van der Waals surface area contributed by atoms with Gasteiger partial charge in [0.15, 0.2) is 5.76 Å². The second-order valence-electron chi connectivity index (χ2n) is 7.38. The molecule has 0 saturated carbocycles. The summed E-state index contributed by atoms with van der Waals surface area (Å²) in [5.74, 6) is 0.915. The molecule has 0 spiro atoms. The van der Waals surface area contributed by atoms with E-state index in [0.717, 1.165) is 17.7 Å². The zero-order chi connectivity index (χ0) is 22.5. The summed E-state index contributed by atoms with van der Waals surface area (Å²) in [5, 5.41) is 4.35. The van der Waals surface area contributed by atoms with Crippen LogP contribution in [0.3, 0.4) is 0 Å². The molecule has 0 unspecified atom stereocenters. The number of hydrazine groups is 1. The zero-order valence-corrected chi connectivity index (χ0v) is 17.9. The van der Waals surface area contributed by atoms with Gasteiger partial charge < -0.3 is 9.15 Å². The van der Waals surface area contributed by atoms with Crippen molar-refractivity contribution in [2.45, 2.75) is 26.2 Å². The van der Waals surface area contributed by atoms with Gasteiger partial charge in [0.2, 0.25) is 0 Å². The van der Waals surface area contributed by atoms with Crippen LogP contribution >= 0.6 is 0 Å². The molecule has 8 nitrogen and oxygen atoms in total. The first-order valence-electron chi connectivity index (χ1n) is 10.3. The van der Waals surface area contributed by atoms with Gasteiger partial charge in [-0.3, -0.25) is 20.4 Å². The summed E-state index contributed by atoms with van der Waals surface area (Å²) in [6.45, 7) is 1.83. The second-order valence-corrected chi connectivity index (χ2v) is 7.38. The standard InChI is InChI=1S/C24H24N4O4/c1-15-21-19(26-27-23(29)16-11-13-18(31-2)14-12-16)9-6-10-20(21)32-22(15)24(30)28-25-17-7-4-3-5-8-17/h3-5,7-8,11-14,25H,6,9-10H2,1-2H3,(H,27,29)(H,28,30)/b26-19+. The molecule has 8 heteroatoms. The minimum absolute atomic E-state index is 0.231. The summed E-state index contributed by atoms with van der Waals surface area (Å²) >= 11 is 0. The Bertz CT molecular complexity index is 1150. The van der Waals surface area contributed by atoms with Crippen molar-refractivity contribution in [2.75, 3.05) is 12.5 Å². The van der Waals surface area contributed by atoms with Crippen molar-refractivity contribution in [3.8, 4) is 5.75 Å². The van der Waals surface area contributed by atoms with Crippen LogP contribution in [0, 0.1) is 6.92 Å². The number of benzene rings is 2. The number of carbonyl (C=O) groups excluding carboxylic acids is 2. The highest BCUT2D eigenvalue weighted by atomic mass is 16.5. The first-order valence-corrected chi connectivity index (χ1v) is 10.3. The number of fused-ring (bicyclic) bond motifs is 1. The molecular formula is C24H24N4O4. The molecule has 1 aliphatic carbocycles. The van der Waals surface area contributed by atoms with Gasteiger partial charge in [-0.15, -0.1) is 0 Å². The van der Waals surface area contributed by atoms with Crippen molar-refractivity contribution in [1.29, 1.82) is 0 Å². The predicted molar refractivity (Wildman–Crippen MR) is 121 cm³/mol. The molecule has 1 aromatic heterocycles. The number of furan rings is 1. The summed E-state index contributed by atoms with van der Waals surface area (Å²) < 4.78 is 11.0. The number of aryl methyl sites for hydroxylation is 1. The number of methoxy groups -OCH3 is 1. The van der Waals surface area contributed by atoms with Gasteiger partial charge in [-0.05, 0) is 56.2 Å². The number of hydrazone groups is 1. The number of nitrogens with zero attached hydrogens (tertiary/aromatic N) is 1. The monoisotopic (exact) mass is 432 g/mol. The van der Waals surface area contributed by atoms with Crippen LogP contribution in [-0.2, 0) is 6.42 Å². The first kappa shape index (κ1) is 21.2. The Morgan fingerprint density at radius 1 is 1.00 bits per heavy atom. The van der Waals surface area contributed by atoms with E-state index in [-0.39, 0.29) is 17.6 Å². The number of ether oxygens (including phenoxy) is 1. The number of para-hydroxylation sites is 1. The number of hydrogen-bond donors (Lipinski definition) is 3. The lowest BCUT2D eigenvalue weighted by Crippen LogP contribution is -2.29. The number of hydrogen-bond acceptors (Lipinski definition) is 6. The van der Waals surface area contributed by atoms with E-state index in [2.05, 4.69) is 21.4 Å². The molecule has 2 amide bonds. The van der Waals surface area contributed by atoms with Gasteiger partial charge >= 0.3 is 5.91 Å². The van der Waals surface area contributed by atoms with Crippen molar-refractivity contribution in [3.63, 3.8) is 0 Å². The van der Waals surface area contributed by atoms with Gasteiger partial charge in [0.25, 0.3) is 5.91 Å². The summed E-state index contributed by atoms with van der Waals surface area (Å²) in [7, 11) is 1.57. The minimum Gasteiger partial charge on any atom is -0.497 e. The molecule has 4 rings (SSSR count). The largest absolute Gasteiger partial charge is 0.497 e. The van der Waals surface area contributed by atoms with Crippen LogP contribution in [-0.4, -0.2) is 24.6 Å². The number of carbonyl (C=O) groups is 2. The summed E-state index contributed by atoms with van der Waals surface area (Å²) in [4.78, 5) is 25.1. The summed E-state index contributed by atoms with van der Waals surface area (Å²) in [6, 6.07) is 16.1. The second kappa shape index (κ2) is 9.38. The zero-order valence-electron chi connectivity index (χ0n) is 17.9. The van der Waals surface area contributed by atoms with Crippen LogP contribution in [0.5, 0.6) is 5.75 Å². The molecule has 0 atom stereocenters. The van der Waals surface area contributed by atoms with Crippen LogP contribution in [0.1, 0.15) is 50.6 Å². The maximum atomic E-state index is 12.7. The van der Waals surface area contributed by atoms with Gasteiger partial charge in [0.05, 0.1) is 18.5 Å². The Labute approximate surface area is 185 Å². The molecule has 0 aliphatic heterocycles. The highest BCUT2D eigenvalue weighted by Gasteiger charge is 2.28. The van der Waals surface area contributed by atoms with Crippen molar-refractivity contribution in [2.24, 2.45) is 5.10 Å². The highest BCUT2D eigenvalue weighted by Crippen LogP contribution is 2.30. The molecule has 32 heavy (non-hydrogen) atoms. The smallest absolute Gasteiger partial charge is 0.305 e. The summed E-state index contributed by atoms with van der Waals surface area (Å²) in [6.07, 6.45) is 2.21. The van der Waals surface area contributed by atoms with E-state index in [4.69, 9.17) is 9.15 Å². The lowest BCUT2D eigenvalue weighted by atomic mass is 9.93. The topological polar surface area (TPSA) is 105 Å². The fourth-order valence-electron chi connectivity index (χ4n) is 3.63. The van der Waals surface area contributed by atoms with Gasteiger partial charge in [-0.1, -0.05) is 18.2 Å². The van der Waals surface area contributed by atoms with Crippen LogP contribution in [0.2, 0.25) is 0 Å². The average Bonchev–Trinajstić information content (AvgIpc) is 3.19. The van der Waals surface area contributed by atoms with E-state index in [0.29, 0.717) is 41.2 Å². The van der Waals surface area contributed by atoms with E-state index in [1.807, 2.05) is 37.3 Å². The fraction of sp³-hybridized carbons (Fsp3) is 0.208. The first-order chi connectivity index (χ1) is 15.6.